The van der Waals surface area contributed by atoms with Gasteiger partial charge in [0.1, 0.15) is 0 Å². The molecule has 0 unspecified atom stereocenters. The molecule has 1 aliphatic heterocycles. The number of fused-ring (bicyclic) bond motifs is 1. The molecule has 5 heteroatoms. The Morgan fingerprint density at radius 2 is 2.09 bits per heavy atom. The SMILES string of the molecule is CN(C)c1ccc2c(c1)CCN2C(=O)Nc1cccc(C#N)c1. The minimum Gasteiger partial charge on any atom is -0.378 e. The molecule has 0 atom stereocenters. The van der Waals surface area contributed by atoms with Crippen LogP contribution in [0.15, 0.2) is 42.5 Å². The van der Waals surface area contributed by atoms with E-state index in [9.17, 15) is 4.79 Å². The molecule has 0 bridgehead atoms. The van der Waals surface area contributed by atoms with Crippen molar-refractivity contribution >= 4 is 23.1 Å². The Morgan fingerprint density at radius 3 is 2.83 bits per heavy atom. The second kappa shape index (κ2) is 6.01. The molecule has 0 aromatic heterocycles. The van der Waals surface area contributed by atoms with Crippen molar-refractivity contribution in [3.05, 3.63) is 53.6 Å². The first-order valence-corrected chi connectivity index (χ1v) is 7.47. The van der Waals surface area contributed by atoms with Crippen LogP contribution in [0.25, 0.3) is 0 Å². The van der Waals surface area contributed by atoms with Gasteiger partial charge in [-0.3, -0.25) is 4.90 Å². The molecule has 5 nitrogen and oxygen atoms in total. The number of hydrogen-bond donors (Lipinski definition) is 1. The largest absolute Gasteiger partial charge is 0.378 e. The van der Waals surface area contributed by atoms with E-state index >= 15 is 0 Å². The number of urea groups is 1. The monoisotopic (exact) mass is 306 g/mol. The van der Waals surface area contributed by atoms with Gasteiger partial charge in [-0.2, -0.15) is 5.26 Å². The fourth-order valence-corrected chi connectivity index (χ4v) is 2.73. The number of amides is 2. The van der Waals surface area contributed by atoms with Gasteiger partial charge in [-0.15, -0.1) is 0 Å². The quantitative estimate of drug-likeness (QED) is 0.926. The van der Waals surface area contributed by atoms with Crippen molar-refractivity contribution in [1.29, 1.82) is 5.26 Å². The summed E-state index contributed by atoms with van der Waals surface area (Å²) in [5.41, 5.74) is 4.42. The summed E-state index contributed by atoms with van der Waals surface area (Å²) in [6.07, 6.45) is 0.850. The van der Waals surface area contributed by atoms with Gasteiger partial charge in [0.15, 0.2) is 0 Å². The molecule has 0 spiro atoms. The number of carbonyl (C=O) groups excluding carboxylic acids is 1. The van der Waals surface area contributed by atoms with Crippen molar-refractivity contribution in [2.45, 2.75) is 6.42 Å². The Labute approximate surface area is 135 Å². The van der Waals surface area contributed by atoms with Crippen LogP contribution >= 0.6 is 0 Å². The van der Waals surface area contributed by atoms with E-state index in [1.165, 1.54) is 5.56 Å². The summed E-state index contributed by atoms with van der Waals surface area (Å²) in [5.74, 6) is 0. The molecule has 0 saturated carbocycles. The summed E-state index contributed by atoms with van der Waals surface area (Å²) >= 11 is 0. The van der Waals surface area contributed by atoms with Crippen molar-refractivity contribution in [2.24, 2.45) is 0 Å². The Hall–Kier alpha value is -3.00. The Balaban J connectivity index is 1.79. The summed E-state index contributed by atoms with van der Waals surface area (Å²) in [4.78, 5) is 16.3. The summed E-state index contributed by atoms with van der Waals surface area (Å²) in [6, 6.07) is 15.0. The highest BCUT2D eigenvalue weighted by Crippen LogP contribution is 2.31. The Bertz CT molecular complexity index is 792. The molecule has 0 saturated heterocycles. The number of benzene rings is 2. The van der Waals surface area contributed by atoms with Crippen LogP contribution in [0.3, 0.4) is 0 Å². The zero-order valence-electron chi connectivity index (χ0n) is 13.2. The summed E-state index contributed by atoms with van der Waals surface area (Å²) in [7, 11) is 4.01. The predicted molar refractivity (Wildman–Crippen MR) is 92.0 cm³/mol. The predicted octanol–water partition coefficient (Wildman–Crippen LogP) is 3.22. The van der Waals surface area contributed by atoms with Crippen LogP contribution in [0.5, 0.6) is 0 Å². The van der Waals surface area contributed by atoms with E-state index in [4.69, 9.17) is 5.26 Å². The van der Waals surface area contributed by atoms with E-state index in [0.29, 0.717) is 17.8 Å². The van der Waals surface area contributed by atoms with E-state index in [1.54, 1.807) is 29.2 Å². The fraction of sp³-hybridized carbons (Fsp3) is 0.222. The first-order chi connectivity index (χ1) is 11.1. The summed E-state index contributed by atoms with van der Waals surface area (Å²) in [5, 5.41) is 11.8. The first kappa shape index (κ1) is 14.9. The molecule has 23 heavy (non-hydrogen) atoms. The van der Waals surface area contributed by atoms with Crippen molar-refractivity contribution in [1.82, 2.24) is 0 Å². The third-order valence-electron chi connectivity index (χ3n) is 3.96. The normalized spacial score (nSPS) is 12.5. The number of nitrogens with one attached hydrogen (secondary N) is 1. The highest BCUT2D eigenvalue weighted by Gasteiger charge is 2.25. The van der Waals surface area contributed by atoms with E-state index in [1.807, 2.05) is 26.2 Å². The molecule has 3 rings (SSSR count). The van der Waals surface area contributed by atoms with Gasteiger partial charge >= 0.3 is 6.03 Å². The molecule has 1 aliphatic rings. The minimum atomic E-state index is -0.170. The Morgan fingerprint density at radius 1 is 1.26 bits per heavy atom. The van der Waals surface area contributed by atoms with Gasteiger partial charge in [0.05, 0.1) is 11.6 Å². The van der Waals surface area contributed by atoms with Gasteiger partial charge in [0, 0.05) is 37.7 Å². The number of hydrogen-bond acceptors (Lipinski definition) is 3. The topological polar surface area (TPSA) is 59.4 Å². The van der Waals surface area contributed by atoms with Crippen molar-refractivity contribution in [2.75, 3.05) is 35.8 Å². The zero-order valence-corrected chi connectivity index (χ0v) is 13.2. The maximum Gasteiger partial charge on any atom is 0.326 e. The average molecular weight is 306 g/mol. The average Bonchev–Trinajstić information content (AvgIpc) is 2.98. The standard InChI is InChI=1S/C18H18N4O/c1-21(2)16-6-7-17-14(11-16)8-9-22(17)18(23)20-15-5-3-4-13(10-15)12-19/h3-7,10-11H,8-9H2,1-2H3,(H,20,23). The van der Waals surface area contributed by atoms with Crippen LogP contribution in [-0.4, -0.2) is 26.7 Å². The number of carbonyl (C=O) groups is 1. The number of anilines is 3. The van der Waals surface area contributed by atoms with Crippen molar-refractivity contribution < 1.29 is 4.79 Å². The summed E-state index contributed by atoms with van der Waals surface area (Å²) < 4.78 is 0. The molecule has 2 aromatic rings. The lowest BCUT2D eigenvalue weighted by atomic mass is 10.1. The van der Waals surface area contributed by atoms with Crippen LogP contribution < -0.4 is 15.1 Å². The van der Waals surface area contributed by atoms with Gasteiger partial charge in [0.25, 0.3) is 0 Å². The maximum atomic E-state index is 12.5. The fourth-order valence-electron chi connectivity index (χ4n) is 2.73. The van der Waals surface area contributed by atoms with Crippen LogP contribution in [0.4, 0.5) is 21.9 Å². The zero-order chi connectivity index (χ0) is 16.4. The van der Waals surface area contributed by atoms with Crippen LogP contribution in [-0.2, 0) is 6.42 Å². The molecule has 0 radical (unpaired) electrons. The smallest absolute Gasteiger partial charge is 0.326 e. The molecule has 2 aromatic carbocycles. The molecule has 116 valence electrons. The van der Waals surface area contributed by atoms with E-state index in [2.05, 4.69) is 22.4 Å². The number of nitriles is 1. The lowest BCUT2D eigenvalue weighted by Crippen LogP contribution is -2.33. The minimum absolute atomic E-state index is 0.170. The third kappa shape index (κ3) is 2.97. The van der Waals surface area contributed by atoms with Crippen molar-refractivity contribution in [3.8, 4) is 6.07 Å². The van der Waals surface area contributed by atoms with Crippen LogP contribution in [0, 0.1) is 11.3 Å². The lowest BCUT2D eigenvalue weighted by molar-refractivity contribution is 0.257. The molecular formula is C18H18N4O. The molecular weight excluding hydrogens is 288 g/mol. The molecule has 0 fully saturated rings. The second-order valence-corrected chi connectivity index (χ2v) is 5.73. The maximum absolute atomic E-state index is 12.5. The first-order valence-electron chi connectivity index (χ1n) is 7.47. The van der Waals surface area contributed by atoms with Gasteiger partial charge in [-0.1, -0.05) is 6.07 Å². The third-order valence-corrected chi connectivity index (χ3v) is 3.96. The van der Waals surface area contributed by atoms with Crippen molar-refractivity contribution in [3.63, 3.8) is 0 Å². The van der Waals surface area contributed by atoms with E-state index < -0.39 is 0 Å². The van der Waals surface area contributed by atoms with Gasteiger partial charge in [0.2, 0.25) is 0 Å². The Kier molecular flexibility index (Phi) is 3.90. The lowest BCUT2D eigenvalue weighted by Gasteiger charge is -2.19. The summed E-state index contributed by atoms with van der Waals surface area (Å²) in [6.45, 7) is 0.663. The van der Waals surface area contributed by atoms with Crippen LogP contribution in [0.1, 0.15) is 11.1 Å². The molecule has 0 aliphatic carbocycles. The van der Waals surface area contributed by atoms with Crippen LogP contribution in [0.2, 0.25) is 0 Å². The van der Waals surface area contributed by atoms with E-state index in [0.717, 1.165) is 17.8 Å². The number of rotatable bonds is 2. The second-order valence-electron chi connectivity index (χ2n) is 5.73. The highest BCUT2D eigenvalue weighted by atomic mass is 16.2. The molecule has 1 N–H and O–H groups in total. The van der Waals surface area contributed by atoms with Gasteiger partial charge in [-0.25, -0.2) is 4.79 Å². The molecule has 1 heterocycles. The van der Waals surface area contributed by atoms with Gasteiger partial charge < -0.3 is 10.2 Å². The number of nitrogens with zero attached hydrogens (tertiary/aromatic N) is 3. The van der Waals surface area contributed by atoms with Gasteiger partial charge in [-0.05, 0) is 48.4 Å². The highest BCUT2D eigenvalue weighted by molar-refractivity contribution is 6.03. The van der Waals surface area contributed by atoms with E-state index in [-0.39, 0.29) is 6.03 Å². The molecule has 2 amide bonds.